The van der Waals surface area contributed by atoms with Crippen molar-refractivity contribution in [3.63, 3.8) is 0 Å². The van der Waals surface area contributed by atoms with E-state index in [-0.39, 0.29) is 16.7 Å². The molecule has 4 aromatic rings. The van der Waals surface area contributed by atoms with Crippen molar-refractivity contribution in [2.75, 3.05) is 12.0 Å². The summed E-state index contributed by atoms with van der Waals surface area (Å²) >= 11 is 2.35. The Morgan fingerprint density at radius 3 is 2.42 bits per heavy atom. The number of aryl methyl sites for hydroxylation is 1. The van der Waals surface area contributed by atoms with Crippen molar-refractivity contribution in [2.24, 2.45) is 5.92 Å². The first kappa shape index (κ1) is 24.5. The highest BCUT2D eigenvalue weighted by Crippen LogP contribution is 2.53. The van der Waals surface area contributed by atoms with Crippen LogP contribution in [0.2, 0.25) is 0 Å². The summed E-state index contributed by atoms with van der Waals surface area (Å²) in [4.78, 5) is 44.4. The van der Waals surface area contributed by atoms with Crippen LogP contribution in [0.25, 0.3) is 0 Å². The number of carbonyl (C=O) groups is 2. The number of aromatic amines is 1. The van der Waals surface area contributed by atoms with E-state index in [1.807, 2.05) is 55.5 Å². The third-order valence-electron chi connectivity index (χ3n) is 6.90. The topological polar surface area (TPSA) is 88.7 Å². The number of anilines is 1. The van der Waals surface area contributed by atoms with E-state index >= 15 is 0 Å². The summed E-state index contributed by atoms with van der Waals surface area (Å²) in [5, 5.41) is -0.00473. The molecule has 3 aromatic carbocycles. The van der Waals surface area contributed by atoms with Gasteiger partial charge in [0.05, 0.1) is 23.7 Å². The van der Waals surface area contributed by atoms with Crippen molar-refractivity contribution < 1.29 is 19.1 Å². The number of thiazole rings is 1. The molecule has 3 unspecified atom stereocenters. The highest BCUT2D eigenvalue weighted by Gasteiger charge is 2.56. The highest BCUT2D eigenvalue weighted by molar-refractivity contribution is 8.00. The van der Waals surface area contributed by atoms with Gasteiger partial charge in [-0.05, 0) is 42.3 Å². The molecule has 192 valence electrons. The zero-order chi connectivity index (χ0) is 26.4. The fraction of sp³-hybridized carbons (Fsp3) is 0.207. The second kappa shape index (κ2) is 9.81. The SMILES string of the molecule is COc1cc(C2c3sc(=O)[nH]c3SC3C(=O)N(c4ccccc4)C(=O)C32)ccc1OCc1ccc(C)cc1. The fourth-order valence-corrected chi connectivity index (χ4v) is 7.57. The normalized spacial score (nSPS) is 20.3. The molecule has 0 saturated carbocycles. The van der Waals surface area contributed by atoms with Gasteiger partial charge in [0.15, 0.2) is 11.5 Å². The number of methoxy groups -OCH3 is 1. The predicted molar refractivity (Wildman–Crippen MR) is 147 cm³/mol. The van der Waals surface area contributed by atoms with Crippen LogP contribution in [0.5, 0.6) is 11.5 Å². The number of ether oxygens (including phenoxy) is 2. The van der Waals surface area contributed by atoms with Crippen molar-refractivity contribution in [2.45, 2.75) is 29.7 Å². The van der Waals surface area contributed by atoms with Gasteiger partial charge < -0.3 is 14.5 Å². The standard InChI is InChI=1S/C29H24N2O5S2/c1-16-8-10-17(11-9-16)15-36-20-13-12-18(14-21(20)35-2)22-23-25(37-26-24(22)38-29(34)30-26)28(33)31(27(23)32)19-6-4-3-5-7-19/h3-14,22-23,25H,15H2,1-2H3,(H,30,34). The third-order valence-corrected chi connectivity index (χ3v) is 9.30. The molecule has 0 spiro atoms. The van der Waals surface area contributed by atoms with E-state index in [2.05, 4.69) is 4.98 Å². The molecule has 7 nitrogen and oxygen atoms in total. The minimum absolute atomic E-state index is 0.211. The molecule has 1 fully saturated rings. The predicted octanol–water partition coefficient (Wildman–Crippen LogP) is 5.13. The Balaban J connectivity index is 1.37. The number of hydrogen-bond acceptors (Lipinski definition) is 7. The van der Waals surface area contributed by atoms with Gasteiger partial charge in [0.2, 0.25) is 11.8 Å². The van der Waals surface area contributed by atoms with E-state index in [0.29, 0.717) is 28.8 Å². The average molecular weight is 545 g/mol. The number of thioether (sulfide) groups is 1. The first-order chi connectivity index (χ1) is 18.4. The van der Waals surface area contributed by atoms with Gasteiger partial charge in [-0.3, -0.25) is 14.4 Å². The summed E-state index contributed by atoms with van der Waals surface area (Å²) in [6.45, 7) is 2.42. The van der Waals surface area contributed by atoms with Gasteiger partial charge in [0.25, 0.3) is 0 Å². The van der Waals surface area contributed by atoms with Gasteiger partial charge in [-0.1, -0.05) is 77.2 Å². The highest BCUT2D eigenvalue weighted by atomic mass is 32.2. The van der Waals surface area contributed by atoms with Crippen LogP contribution in [0.3, 0.4) is 0 Å². The molecule has 0 aliphatic carbocycles. The number of carbonyl (C=O) groups excluding carboxylic acids is 2. The quantitative estimate of drug-likeness (QED) is 0.339. The van der Waals surface area contributed by atoms with Gasteiger partial charge in [0.1, 0.15) is 11.9 Å². The molecule has 0 bridgehead atoms. The lowest BCUT2D eigenvalue weighted by Crippen LogP contribution is -2.32. The van der Waals surface area contributed by atoms with Crippen LogP contribution < -0.4 is 19.2 Å². The summed E-state index contributed by atoms with van der Waals surface area (Å²) in [5.74, 6) is -0.592. The first-order valence-electron chi connectivity index (χ1n) is 12.1. The molecule has 9 heteroatoms. The van der Waals surface area contributed by atoms with Crippen molar-refractivity contribution in [3.05, 3.63) is 104 Å². The van der Waals surface area contributed by atoms with Crippen LogP contribution in [0.4, 0.5) is 5.69 Å². The maximum atomic E-state index is 13.8. The van der Waals surface area contributed by atoms with E-state index in [0.717, 1.165) is 27.3 Å². The van der Waals surface area contributed by atoms with Gasteiger partial charge in [-0.25, -0.2) is 4.90 Å². The number of para-hydroxylation sites is 1. The van der Waals surface area contributed by atoms with Crippen molar-refractivity contribution in [1.29, 1.82) is 0 Å². The van der Waals surface area contributed by atoms with E-state index < -0.39 is 17.1 Å². The van der Waals surface area contributed by atoms with E-state index in [1.54, 1.807) is 31.4 Å². The van der Waals surface area contributed by atoms with E-state index in [9.17, 15) is 14.4 Å². The molecule has 3 atom stereocenters. The number of nitrogens with one attached hydrogen (secondary N) is 1. The molecule has 1 saturated heterocycles. The number of H-pyrrole nitrogens is 1. The molecular weight excluding hydrogens is 520 g/mol. The Kier molecular flexibility index (Phi) is 6.33. The van der Waals surface area contributed by atoms with Crippen molar-refractivity contribution in [3.8, 4) is 11.5 Å². The zero-order valence-electron chi connectivity index (χ0n) is 20.7. The number of imide groups is 1. The number of nitrogens with zero attached hydrogens (tertiary/aromatic N) is 1. The molecule has 1 N–H and O–H groups in total. The van der Waals surface area contributed by atoms with E-state index in [1.165, 1.54) is 22.2 Å². The summed E-state index contributed by atoms with van der Waals surface area (Å²) in [7, 11) is 1.57. The smallest absolute Gasteiger partial charge is 0.305 e. The maximum Gasteiger partial charge on any atom is 0.305 e. The Bertz CT molecular complexity index is 1580. The maximum absolute atomic E-state index is 13.8. The largest absolute Gasteiger partial charge is 0.493 e. The number of hydrogen-bond donors (Lipinski definition) is 1. The lowest BCUT2D eigenvalue weighted by Gasteiger charge is -2.30. The van der Waals surface area contributed by atoms with Crippen LogP contribution in [0.1, 0.15) is 27.5 Å². The summed E-state index contributed by atoms with van der Waals surface area (Å²) in [5.41, 5.74) is 3.54. The second-order valence-electron chi connectivity index (χ2n) is 9.28. The van der Waals surface area contributed by atoms with E-state index in [4.69, 9.17) is 9.47 Å². The summed E-state index contributed by atoms with van der Waals surface area (Å²) < 4.78 is 11.7. The van der Waals surface area contributed by atoms with Crippen molar-refractivity contribution >= 4 is 40.6 Å². The molecule has 6 rings (SSSR count). The van der Waals surface area contributed by atoms with Crippen LogP contribution in [-0.2, 0) is 16.2 Å². The number of amides is 2. The molecular formula is C29H24N2O5S2. The molecule has 38 heavy (non-hydrogen) atoms. The first-order valence-corrected chi connectivity index (χ1v) is 13.8. The Morgan fingerprint density at radius 2 is 1.68 bits per heavy atom. The minimum Gasteiger partial charge on any atom is -0.493 e. The van der Waals surface area contributed by atoms with Crippen LogP contribution >= 0.6 is 23.1 Å². The third kappa shape index (κ3) is 4.21. The Hall–Kier alpha value is -3.82. The molecule has 3 heterocycles. The van der Waals surface area contributed by atoms with Crippen LogP contribution in [0, 0.1) is 12.8 Å². The van der Waals surface area contributed by atoms with Crippen LogP contribution in [0.15, 0.2) is 82.6 Å². The monoisotopic (exact) mass is 544 g/mol. The van der Waals surface area contributed by atoms with Crippen LogP contribution in [-0.4, -0.2) is 29.2 Å². The Morgan fingerprint density at radius 1 is 0.921 bits per heavy atom. The fourth-order valence-electron chi connectivity index (χ4n) is 5.05. The minimum atomic E-state index is -0.657. The van der Waals surface area contributed by atoms with Gasteiger partial charge in [0, 0.05) is 10.8 Å². The molecule has 2 amide bonds. The second-order valence-corrected chi connectivity index (χ2v) is 11.4. The number of benzene rings is 3. The number of aromatic nitrogens is 1. The molecule has 0 radical (unpaired) electrons. The zero-order valence-corrected chi connectivity index (χ0v) is 22.3. The van der Waals surface area contributed by atoms with Gasteiger partial charge >= 0.3 is 4.87 Å². The molecule has 2 aliphatic heterocycles. The summed E-state index contributed by atoms with van der Waals surface area (Å²) in [6, 6.07) is 22.6. The number of fused-ring (bicyclic) bond motifs is 2. The molecule has 2 aliphatic rings. The summed E-state index contributed by atoms with van der Waals surface area (Å²) in [6.07, 6.45) is 0. The Labute approximate surface area is 227 Å². The average Bonchev–Trinajstić information content (AvgIpc) is 3.42. The lowest BCUT2D eigenvalue weighted by molar-refractivity contribution is -0.122. The van der Waals surface area contributed by atoms with Gasteiger partial charge in [-0.2, -0.15) is 0 Å². The van der Waals surface area contributed by atoms with Gasteiger partial charge in [-0.15, -0.1) is 0 Å². The number of rotatable bonds is 6. The van der Waals surface area contributed by atoms with Crippen molar-refractivity contribution in [1.82, 2.24) is 4.98 Å². The lowest BCUT2D eigenvalue weighted by atomic mass is 9.83. The molecule has 1 aromatic heterocycles.